The fourth-order valence-electron chi connectivity index (χ4n) is 2.67. The molecule has 1 aliphatic carbocycles. The maximum absolute atomic E-state index is 12.2. The van der Waals surface area contributed by atoms with E-state index in [0.717, 1.165) is 24.1 Å². The van der Waals surface area contributed by atoms with Crippen LogP contribution < -0.4 is 4.90 Å². The zero-order chi connectivity index (χ0) is 16.4. The number of thiazole rings is 1. The molecule has 0 radical (unpaired) electrons. The van der Waals surface area contributed by atoms with E-state index in [4.69, 9.17) is 14.5 Å². The third-order valence-electron chi connectivity index (χ3n) is 3.83. The standard InChI is InChI=1S/C15H20N4O3S/c1-4-22-15(20)19(7-8-21-3)14-17-13-10-9-16-18(2)11(10)5-6-12(13)23-14/h9H,4-8H2,1-3H3. The van der Waals surface area contributed by atoms with Crippen LogP contribution in [0.3, 0.4) is 0 Å². The molecule has 0 fully saturated rings. The number of hydrogen-bond acceptors (Lipinski definition) is 6. The molecule has 0 spiro atoms. The predicted molar refractivity (Wildman–Crippen MR) is 88.0 cm³/mol. The van der Waals surface area contributed by atoms with E-state index in [-0.39, 0.29) is 6.09 Å². The molecule has 3 rings (SSSR count). The Bertz CT molecular complexity index is 710. The first-order valence-electron chi connectivity index (χ1n) is 7.59. The number of anilines is 1. The van der Waals surface area contributed by atoms with Gasteiger partial charge >= 0.3 is 6.09 Å². The molecule has 0 unspecified atom stereocenters. The topological polar surface area (TPSA) is 69.5 Å². The first kappa shape index (κ1) is 15.9. The van der Waals surface area contributed by atoms with E-state index >= 15 is 0 Å². The molecule has 2 aromatic rings. The second kappa shape index (κ2) is 6.67. The Hall–Kier alpha value is -1.93. The SMILES string of the molecule is CCOC(=O)N(CCOC)c1nc2c(s1)CCc1c-2cnn1C. The minimum atomic E-state index is -0.387. The molecule has 0 aromatic carbocycles. The average Bonchev–Trinajstić information content (AvgIpc) is 3.11. The minimum absolute atomic E-state index is 0.333. The number of methoxy groups -OCH3 is 1. The van der Waals surface area contributed by atoms with Gasteiger partial charge in [-0.05, 0) is 19.8 Å². The monoisotopic (exact) mass is 336 g/mol. The molecule has 0 saturated heterocycles. The van der Waals surface area contributed by atoms with E-state index in [1.165, 1.54) is 10.6 Å². The van der Waals surface area contributed by atoms with Crippen LogP contribution in [0.25, 0.3) is 11.3 Å². The van der Waals surface area contributed by atoms with Crippen molar-refractivity contribution in [3.8, 4) is 11.3 Å². The summed E-state index contributed by atoms with van der Waals surface area (Å²) in [5, 5.41) is 4.98. The van der Waals surface area contributed by atoms with Crippen LogP contribution in [0.2, 0.25) is 0 Å². The molecule has 124 valence electrons. The Labute approximate surface area is 138 Å². The van der Waals surface area contributed by atoms with Gasteiger partial charge in [0.2, 0.25) is 0 Å². The lowest BCUT2D eigenvalue weighted by atomic mass is 10.0. The van der Waals surface area contributed by atoms with E-state index < -0.39 is 0 Å². The van der Waals surface area contributed by atoms with Crippen molar-refractivity contribution in [1.82, 2.24) is 14.8 Å². The van der Waals surface area contributed by atoms with Crippen molar-refractivity contribution >= 4 is 22.6 Å². The van der Waals surface area contributed by atoms with Crippen LogP contribution >= 0.6 is 11.3 Å². The Kier molecular flexibility index (Phi) is 4.63. The van der Waals surface area contributed by atoms with Gasteiger partial charge in [-0.25, -0.2) is 9.78 Å². The first-order chi connectivity index (χ1) is 11.2. The predicted octanol–water partition coefficient (Wildman–Crippen LogP) is 2.25. The van der Waals surface area contributed by atoms with Gasteiger partial charge in [0.05, 0.1) is 31.6 Å². The van der Waals surface area contributed by atoms with Crippen molar-refractivity contribution < 1.29 is 14.3 Å². The number of carbonyl (C=O) groups is 1. The van der Waals surface area contributed by atoms with Crippen LogP contribution in [0, 0.1) is 0 Å². The van der Waals surface area contributed by atoms with Crippen molar-refractivity contribution in [1.29, 1.82) is 0 Å². The van der Waals surface area contributed by atoms with Crippen molar-refractivity contribution in [3.05, 3.63) is 16.8 Å². The molecular weight excluding hydrogens is 316 g/mol. The molecular formula is C15H20N4O3S. The Balaban J connectivity index is 1.94. The Morgan fingerprint density at radius 2 is 2.30 bits per heavy atom. The summed E-state index contributed by atoms with van der Waals surface area (Å²) < 4.78 is 12.1. The summed E-state index contributed by atoms with van der Waals surface area (Å²) in [5.74, 6) is 0. The summed E-state index contributed by atoms with van der Waals surface area (Å²) in [4.78, 5) is 19.6. The third-order valence-corrected chi connectivity index (χ3v) is 4.97. The van der Waals surface area contributed by atoms with E-state index in [2.05, 4.69) is 5.10 Å². The molecule has 8 heteroatoms. The van der Waals surface area contributed by atoms with Gasteiger partial charge in [0.1, 0.15) is 0 Å². The maximum Gasteiger partial charge on any atom is 0.416 e. The molecule has 23 heavy (non-hydrogen) atoms. The van der Waals surface area contributed by atoms with E-state index in [1.54, 1.807) is 30.3 Å². The fraction of sp³-hybridized carbons (Fsp3) is 0.533. The molecule has 2 heterocycles. The summed E-state index contributed by atoms with van der Waals surface area (Å²) in [7, 11) is 3.55. The second-order valence-corrected chi connectivity index (χ2v) is 6.30. The molecule has 0 saturated carbocycles. The van der Waals surface area contributed by atoms with Gasteiger partial charge in [-0.1, -0.05) is 0 Å². The Morgan fingerprint density at radius 1 is 1.48 bits per heavy atom. The van der Waals surface area contributed by atoms with Crippen molar-refractivity contribution in [3.63, 3.8) is 0 Å². The van der Waals surface area contributed by atoms with E-state index in [9.17, 15) is 4.79 Å². The number of rotatable bonds is 5. The number of carbonyl (C=O) groups excluding carboxylic acids is 1. The normalized spacial score (nSPS) is 12.7. The highest BCUT2D eigenvalue weighted by Crippen LogP contribution is 2.39. The number of aryl methyl sites for hydroxylation is 2. The lowest BCUT2D eigenvalue weighted by molar-refractivity contribution is 0.154. The summed E-state index contributed by atoms with van der Waals surface area (Å²) in [6.45, 7) is 2.98. The van der Waals surface area contributed by atoms with Crippen LogP contribution in [-0.4, -0.2) is 47.7 Å². The number of amides is 1. The van der Waals surface area contributed by atoms with Gasteiger partial charge in [-0.15, -0.1) is 11.3 Å². The summed E-state index contributed by atoms with van der Waals surface area (Å²) in [6.07, 6.45) is 3.32. The molecule has 7 nitrogen and oxygen atoms in total. The summed E-state index contributed by atoms with van der Waals surface area (Å²) in [5.41, 5.74) is 3.19. The van der Waals surface area contributed by atoms with Gasteiger partial charge in [-0.2, -0.15) is 5.10 Å². The number of fused-ring (bicyclic) bond motifs is 3. The van der Waals surface area contributed by atoms with Gasteiger partial charge < -0.3 is 9.47 Å². The van der Waals surface area contributed by atoms with Crippen molar-refractivity contribution in [2.24, 2.45) is 7.05 Å². The maximum atomic E-state index is 12.2. The highest BCUT2D eigenvalue weighted by Gasteiger charge is 2.27. The summed E-state index contributed by atoms with van der Waals surface area (Å²) in [6, 6.07) is 0. The van der Waals surface area contributed by atoms with Crippen LogP contribution in [0.15, 0.2) is 6.20 Å². The molecule has 0 bridgehead atoms. The Morgan fingerprint density at radius 3 is 3.04 bits per heavy atom. The zero-order valence-electron chi connectivity index (χ0n) is 13.5. The number of ether oxygens (including phenoxy) is 2. The van der Waals surface area contributed by atoms with Crippen LogP contribution in [0.5, 0.6) is 0 Å². The molecule has 1 amide bonds. The van der Waals surface area contributed by atoms with Crippen LogP contribution in [0.1, 0.15) is 17.5 Å². The summed E-state index contributed by atoms with van der Waals surface area (Å²) >= 11 is 1.54. The molecule has 0 aliphatic heterocycles. The van der Waals surface area contributed by atoms with Crippen molar-refractivity contribution in [2.45, 2.75) is 19.8 Å². The highest BCUT2D eigenvalue weighted by molar-refractivity contribution is 7.16. The average molecular weight is 336 g/mol. The smallest absolute Gasteiger partial charge is 0.416 e. The second-order valence-electron chi connectivity index (χ2n) is 5.24. The minimum Gasteiger partial charge on any atom is -0.449 e. The van der Waals surface area contributed by atoms with Crippen molar-refractivity contribution in [2.75, 3.05) is 31.8 Å². The largest absolute Gasteiger partial charge is 0.449 e. The highest BCUT2D eigenvalue weighted by atomic mass is 32.1. The van der Waals surface area contributed by atoms with Crippen LogP contribution in [-0.2, 0) is 29.4 Å². The molecule has 0 atom stereocenters. The lowest BCUT2D eigenvalue weighted by Gasteiger charge is -2.18. The fourth-order valence-corrected chi connectivity index (χ4v) is 3.76. The number of nitrogens with zero attached hydrogens (tertiary/aromatic N) is 4. The molecule has 0 N–H and O–H groups in total. The first-order valence-corrected chi connectivity index (χ1v) is 8.41. The quantitative estimate of drug-likeness (QED) is 0.837. The third kappa shape index (κ3) is 2.96. The number of aromatic nitrogens is 3. The zero-order valence-corrected chi connectivity index (χ0v) is 14.4. The van der Waals surface area contributed by atoms with Gasteiger partial charge in [0, 0.05) is 30.3 Å². The van der Waals surface area contributed by atoms with Crippen LogP contribution in [0.4, 0.5) is 9.93 Å². The number of hydrogen-bond donors (Lipinski definition) is 0. The lowest BCUT2D eigenvalue weighted by Crippen LogP contribution is -2.34. The van der Waals surface area contributed by atoms with Gasteiger partial charge in [0.25, 0.3) is 0 Å². The van der Waals surface area contributed by atoms with E-state index in [1.807, 2.05) is 17.9 Å². The van der Waals surface area contributed by atoms with E-state index in [0.29, 0.717) is 24.9 Å². The van der Waals surface area contributed by atoms with Gasteiger partial charge in [-0.3, -0.25) is 9.58 Å². The molecule has 2 aromatic heterocycles. The van der Waals surface area contributed by atoms with Gasteiger partial charge in [0.15, 0.2) is 5.13 Å². The molecule has 1 aliphatic rings.